The van der Waals surface area contributed by atoms with Crippen LogP contribution >= 0.6 is 0 Å². The first-order chi connectivity index (χ1) is 8.19. The molecule has 0 bridgehead atoms. The second kappa shape index (κ2) is 3.92. The summed E-state index contributed by atoms with van der Waals surface area (Å²) in [6, 6.07) is -11.3. The molecule has 1 nitrogen and oxygen atoms in total. The molecule has 0 aliphatic carbocycles. The summed E-state index contributed by atoms with van der Waals surface area (Å²) < 4.78 is 119. The molecule has 0 amide bonds. The molecule has 0 aromatic carbocycles. The van der Waals surface area contributed by atoms with Gasteiger partial charge in [0.15, 0.2) is 0 Å². The normalized spacial score (nSPS) is 36.2. The minimum absolute atomic E-state index is 0.483. The highest BCUT2D eigenvalue weighted by atomic mass is 19.4. The van der Waals surface area contributed by atoms with Crippen molar-refractivity contribution in [3.8, 4) is 0 Å². The van der Waals surface area contributed by atoms with Gasteiger partial charge in [0, 0.05) is 6.54 Å². The Morgan fingerprint density at radius 3 is 1.53 bits per heavy atom. The number of nitrogens with zero attached hydrogens (tertiary/aromatic N) is 1. The SMILES string of the molecule is CCCN1C(F)(F)C(C)(F)C(F)(F)C(F)(F)C1(F)F. The molecular formula is C9H10F9N. The van der Waals surface area contributed by atoms with Crippen molar-refractivity contribution in [3.05, 3.63) is 0 Å². The summed E-state index contributed by atoms with van der Waals surface area (Å²) in [5, 5.41) is 0. The lowest BCUT2D eigenvalue weighted by atomic mass is 9.84. The Morgan fingerprint density at radius 1 is 0.737 bits per heavy atom. The molecule has 114 valence electrons. The molecule has 0 aromatic heterocycles. The Bertz CT molecular complexity index is 333. The van der Waals surface area contributed by atoms with Gasteiger partial charge in [-0.3, -0.25) is 0 Å². The summed E-state index contributed by atoms with van der Waals surface area (Å²) in [6.07, 6.45) is -0.483. The first-order valence-electron chi connectivity index (χ1n) is 5.17. The molecule has 0 N–H and O–H groups in total. The van der Waals surface area contributed by atoms with Crippen molar-refractivity contribution < 1.29 is 39.5 Å². The van der Waals surface area contributed by atoms with Gasteiger partial charge in [-0.05, 0) is 13.3 Å². The minimum Gasteiger partial charge on any atom is -0.229 e. The van der Waals surface area contributed by atoms with Crippen LogP contribution < -0.4 is 0 Å². The third-order valence-corrected chi connectivity index (χ3v) is 3.05. The first kappa shape index (κ1) is 16.4. The zero-order valence-electron chi connectivity index (χ0n) is 9.76. The van der Waals surface area contributed by atoms with Gasteiger partial charge in [-0.15, -0.1) is 0 Å². The van der Waals surface area contributed by atoms with E-state index in [1.807, 2.05) is 0 Å². The molecular weight excluding hydrogens is 293 g/mol. The van der Waals surface area contributed by atoms with E-state index in [4.69, 9.17) is 0 Å². The van der Waals surface area contributed by atoms with Crippen molar-refractivity contribution in [1.82, 2.24) is 4.90 Å². The summed E-state index contributed by atoms with van der Waals surface area (Å²) in [5.41, 5.74) is -5.14. The highest BCUT2D eigenvalue weighted by Gasteiger charge is 2.91. The van der Waals surface area contributed by atoms with Crippen molar-refractivity contribution in [2.45, 2.75) is 49.9 Å². The number of rotatable bonds is 2. The molecule has 0 saturated carbocycles. The molecule has 1 rings (SSSR count). The fourth-order valence-electron chi connectivity index (χ4n) is 1.78. The van der Waals surface area contributed by atoms with E-state index in [0.717, 1.165) is 6.92 Å². The van der Waals surface area contributed by atoms with Crippen LogP contribution in [0, 0.1) is 0 Å². The van der Waals surface area contributed by atoms with Crippen molar-refractivity contribution in [2.24, 2.45) is 0 Å². The summed E-state index contributed by atoms with van der Waals surface area (Å²) in [5.74, 6) is -12.5. The molecule has 0 aromatic rings. The lowest BCUT2D eigenvalue weighted by Crippen LogP contribution is -2.82. The predicted molar refractivity (Wildman–Crippen MR) is 46.3 cm³/mol. The number of piperidine rings is 1. The zero-order chi connectivity index (χ0) is 15.5. The van der Waals surface area contributed by atoms with Crippen LogP contribution in [0.2, 0.25) is 0 Å². The predicted octanol–water partition coefficient (Wildman–Crippen LogP) is 3.90. The Morgan fingerprint density at radius 2 is 1.16 bits per heavy atom. The van der Waals surface area contributed by atoms with Crippen molar-refractivity contribution in [3.63, 3.8) is 0 Å². The van der Waals surface area contributed by atoms with E-state index in [0.29, 0.717) is 0 Å². The van der Waals surface area contributed by atoms with Crippen molar-refractivity contribution >= 4 is 0 Å². The molecule has 0 radical (unpaired) electrons. The molecule has 1 aliphatic rings. The van der Waals surface area contributed by atoms with Crippen LogP contribution in [0.3, 0.4) is 0 Å². The lowest BCUT2D eigenvalue weighted by Gasteiger charge is -2.53. The smallest absolute Gasteiger partial charge is 0.229 e. The minimum atomic E-state index is -6.26. The maximum Gasteiger partial charge on any atom is 0.390 e. The Kier molecular flexibility index (Phi) is 3.38. The van der Waals surface area contributed by atoms with Crippen molar-refractivity contribution in [1.29, 1.82) is 0 Å². The fraction of sp³-hybridized carbons (Fsp3) is 1.00. The molecule has 1 heterocycles. The van der Waals surface area contributed by atoms with Gasteiger partial charge < -0.3 is 0 Å². The second-order valence-electron chi connectivity index (χ2n) is 4.39. The zero-order valence-corrected chi connectivity index (χ0v) is 9.76. The molecule has 1 aliphatic heterocycles. The Labute approximate surface area is 102 Å². The second-order valence-corrected chi connectivity index (χ2v) is 4.39. The van der Waals surface area contributed by atoms with Crippen LogP contribution in [0.1, 0.15) is 20.3 Å². The molecule has 1 unspecified atom stereocenters. The van der Waals surface area contributed by atoms with Gasteiger partial charge in [0.25, 0.3) is 5.67 Å². The standard InChI is InChI=1S/C9H10F9N/c1-3-4-19-8(15,16)5(2,10)6(11,12)7(13,14)9(19,17)18/h3-4H2,1-2H3. The van der Waals surface area contributed by atoms with E-state index in [1.54, 1.807) is 0 Å². The van der Waals surface area contributed by atoms with E-state index in [2.05, 4.69) is 0 Å². The number of hydrogen-bond acceptors (Lipinski definition) is 1. The first-order valence-corrected chi connectivity index (χ1v) is 5.17. The topological polar surface area (TPSA) is 3.24 Å². The van der Waals surface area contributed by atoms with Gasteiger partial charge >= 0.3 is 23.9 Å². The van der Waals surface area contributed by atoms with Crippen LogP contribution in [-0.4, -0.2) is 41.1 Å². The highest BCUT2D eigenvalue weighted by molar-refractivity contribution is 5.16. The van der Waals surface area contributed by atoms with E-state index >= 15 is 0 Å². The van der Waals surface area contributed by atoms with Crippen LogP contribution in [0.4, 0.5) is 39.5 Å². The van der Waals surface area contributed by atoms with Crippen LogP contribution in [-0.2, 0) is 0 Å². The maximum absolute atomic E-state index is 13.5. The molecule has 1 saturated heterocycles. The summed E-state index contributed by atoms with van der Waals surface area (Å²) in [4.78, 5) is -1.50. The van der Waals surface area contributed by atoms with Crippen molar-refractivity contribution in [2.75, 3.05) is 6.54 Å². The van der Waals surface area contributed by atoms with Gasteiger partial charge in [0.05, 0.1) is 0 Å². The van der Waals surface area contributed by atoms with E-state index in [-0.39, 0.29) is 0 Å². The van der Waals surface area contributed by atoms with E-state index < -0.39 is 54.4 Å². The monoisotopic (exact) mass is 303 g/mol. The average Bonchev–Trinajstić information content (AvgIpc) is 2.22. The number of alkyl halides is 9. The third-order valence-electron chi connectivity index (χ3n) is 3.05. The van der Waals surface area contributed by atoms with Crippen LogP contribution in [0.15, 0.2) is 0 Å². The van der Waals surface area contributed by atoms with E-state index in [1.165, 1.54) is 0 Å². The summed E-state index contributed by atoms with van der Waals surface area (Å²) in [6.45, 7) is -0.809. The highest BCUT2D eigenvalue weighted by Crippen LogP contribution is 2.63. The fourth-order valence-corrected chi connectivity index (χ4v) is 1.78. The van der Waals surface area contributed by atoms with Gasteiger partial charge in [-0.1, -0.05) is 6.92 Å². The lowest BCUT2D eigenvalue weighted by molar-refractivity contribution is -0.480. The van der Waals surface area contributed by atoms with Gasteiger partial charge in [0.2, 0.25) is 0 Å². The molecule has 1 atom stereocenters. The van der Waals surface area contributed by atoms with Crippen LogP contribution in [0.25, 0.3) is 0 Å². The third kappa shape index (κ3) is 1.61. The Balaban J connectivity index is 3.55. The summed E-state index contributed by atoms with van der Waals surface area (Å²) in [7, 11) is 0. The number of likely N-dealkylation sites (tertiary alicyclic amines) is 1. The maximum atomic E-state index is 13.5. The van der Waals surface area contributed by atoms with Crippen LogP contribution in [0.5, 0.6) is 0 Å². The molecule has 19 heavy (non-hydrogen) atoms. The van der Waals surface area contributed by atoms with Gasteiger partial charge in [0.1, 0.15) is 0 Å². The van der Waals surface area contributed by atoms with Gasteiger partial charge in [-0.2, -0.15) is 40.0 Å². The number of hydrogen-bond donors (Lipinski definition) is 0. The summed E-state index contributed by atoms with van der Waals surface area (Å²) >= 11 is 0. The largest absolute Gasteiger partial charge is 0.390 e. The number of halogens is 9. The Hall–Kier alpha value is -0.670. The quantitative estimate of drug-likeness (QED) is 0.552. The molecule has 1 fully saturated rings. The average molecular weight is 303 g/mol. The van der Waals surface area contributed by atoms with Gasteiger partial charge in [-0.25, -0.2) is 4.39 Å². The van der Waals surface area contributed by atoms with E-state index in [9.17, 15) is 39.5 Å². The molecule has 10 heteroatoms. The molecule has 0 spiro atoms.